The highest BCUT2D eigenvalue weighted by Crippen LogP contribution is 2.28. The molecular formula is C14H13BrClN3O2. The second kappa shape index (κ2) is 6.78. The number of nitrogen functional groups attached to an aromatic ring is 1. The van der Waals surface area contributed by atoms with Gasteiger partial charge in [-0.2, -0.15) is 0 Å². The Hall–Kier alpha value is -1.79. The van der Waals surface area contributed by atoms with Crippen LogP contribution in [0.1, 0.15) is 17.3 Å². The fraction of sp³-hybridized carbons (Fsp3) is 0.143. The Morgan fingerprint density at radius 1 is 1.48 bits per heavy atom. The highest BCUT2D eigenvalue weighted by molar-refractivity contribution is 9.10. The summed E-state index contributed by atoms with van der Waals surface area (Å²) < 4.78 is 5.82. The molecule has 0 aliphatic heterocycles. The highest BCUT2D eigenvalue weighted by atomic mass is 79.9. The quantitative estimate of drug-likeness (QED) is 0.795. The molecule has 0 aliphatic rings. The number of carbonyl (C=O) groups excluding carboxylic acids is 1. The molecule has 1 aromatic heterocycles. The van der Waals surface area contributed by atoms with Gasteiger partial charge in [0.05, 0.1) is 34.8 Å². The Morgan fingerprint density at radius 2 is 2.24 bits per heavy atom. The minimum Gasteiger partial charge on any atom is -0.462 e. The Balaban J connectivity index is 2.28. The van der Waals surface area contributed by atoms with E-state index in [0.29, 0.717) is 16.5 Å². The maximum atomic E-state index is 11.8. The van der Waals surface area contributed by atoms with Gasteiger partial charge in [0.15, 0.2) is 0 Å². The number of nitrogens with two attached hydrogens (primary N) is 1. The van der Waals surface area contributed by atoms with E-state index in [-0.39, 0.29) is 17.9 Å². The zero-order valence-corrected chi connectivity index (χ0v) is 13.5. The summed E-state index contributed by atoms with van der Waals surface area (Å²) in [5.41, 5.74) is 6.94. The number of esters is 1. The van der Waals surface area contributed by atoms with Crippen LogP contribution < -0.4 is 11.1 Å². The molecule has 0 bridgehead atoms. The Kier molecular flexibility index (Phi) is 5.03. The average Bonchev–Trinajstić information content (AvgIpc) is 2.44. The smallest absolute Gasteiger partial charge is 0.340 e. The van der Waals surface area contributed by atoms with Crippen LogP contribution in [0.2, 0.25) is 5.02 Å². The SMILES string of the molecule is CCOC(=O)c1cc(Nc2ccc(Br)cc2Cl)ncc1N. The lowest BCUT2D eigenvalue weighted by Gasteiger charge is -2.10. The summed E-state index contributed by atoms with van der Waals surface area (Å²) >= 11 is 9.46. The van der Waals surface area contributed by atoms with Crippen molar-refractivity contribution < 1.29 is 9.53 Å². The number of nitrogens with one attached hydrogen (secondary N) is 1. The van der Waals surface area contributed by atoms with E-state index in [4.69, 9.17) is 22.1 Å². The summed E-state index contributed by atoms with van der Waals surface area (Å²) in [4.78, 5) is 15.9. The summed E-state index contributed by atoms with van der Waals surface area (Å²) in [5.74, 6) is -0.0289. The van der Waals surface area contributed by atoms with E-state index < -0.39 is 5.97 Å². The van der Waals surface area contributed by atoms with Crippen molar-refractivity contribution in [2.24, 2.45) is 0 Å². The van der Waals surface area contributed by atoms with Crippen LogP contribution in [0.4, 0.5) is 17.2 Å². The highest BCUT2D eigenvalue weighted by Gasteiger charge is 2.13. The molecule has 2 rings (SSSR count). The number of halogens is 2. The lowest BCUT2D eigenvalue weighted by molar-refractivity contribution is 0.0527. The largest absolute Gasteiger partial charge is 0.462 e. The zero-order chi connectivity index (χ0) is 15.4. The van der Waals surface area contributed by atoms with Crippen LogP contribution in [0, 0.1) is 0 Å². The van der Waals surface area contributed by atoms with E-state index in [1.54, 1.807) is 19.1 Å². The number of carbonyl (C=O) groups is 1. The van der Waals surface area contributed by atoms with Crippen molar-refractivity contribution in [3.05, 3.63) is 45.5 Å². The van der Waals surface area contributed by atoms with Gasteiger partial charge in [-0.25, -0.2) is 9.78 Å². The van der Waals surface area contributed by atoms with Crippen molar-refractivity contribution in [1.29, 1.82) is 0 Å². The second-order valence-corrected chi connectivity index (χ2v) is 5.45. The van der Waals surface area contributed by atoms with Crippen molar-refractivity contribution in [2.45, 2.75) is 6.92 Å². The lowest BCUT2D eigenvalue weighted by Crippen LogP contribution is -2.09. The molecular weight excluding hydrogens is 358 g/mol. The minimum atomic E-state index is -0.484. The first-order chi connectivity index (χ1) is 10.0. The Morgan fingerprint density at radius 3 is 2.90 bits per heavy atom. The number of anilines is 3. The molecule has 21 heavy (non-hydrogen) atoms. The van der Waals surface area contributed by atoms with Gasteiger partial charge in [-0.3, -0.25) is 0 Å². The molecule has 7 heteroatoms. The van der Waals surface area contributed by atoms with Crippen LogP contribution in [0.25, 0.3) is 0 Å². The third-order valence-electron chi connectivity index (χ3n) is 2.62. The summed E-state index contributed by atoms with van der Waals surface area (Å²) in [5, 5.41) is 3.57. The fourth-order valence-electron chi connectivity index (χ4n) is 1.65. The normalized spacial score (nSPS) is 10.2. The molecule has 0 saturated heterocycles. The number of ether oxygens (including phenoxy) is 1. The Bertz CT molecular complexity index is 679. The maximum absolute atomic E-state index is 11.8. The Labute approximate surface area is 135 Å². The average molecular weight is 371 g/mol. The van der Waals surface area contributed by atoms with E-state index in [1.165, 1.54) is 12.3 Å². The van der Waals surface area contributed by atoms with Crippen molar-refractivity contribution in [1.82, 2.24) is 4.98 Å². The molecule has 0 fully saturated rings. The summed E-state index contributed by atoms with van der Waals surface area (Å²) in [6.07, 6.45) is 1.40. The molecule has 1 aromatic carbocycles. The van der Waals surface area contributed by atoms with Crippen LogP contribution in [0.5, 0.6) is 0 Å². The number of benzene rings is 1. The van der Waals surface area contributed by atoms with Crippen LogP contribution in [0.15, 0.2) is 34.9 Å². The summed E-state index contributed by atoms with van der Waals surface area (Å²) in [6, 6.07) is 6.94. The third-order valence-corrected chi connectivity index (χ3v) is 3.43. The predicted octanol–water partition coefficient (Wildman–Crippen LogP) is 4.00. The van der Waals surface area contributed by atoms with E-state index in [2.05, 4.69) is 26.2 Å². The third kappa shape index (κ3) is 3.86. The van der Waals surface area contributed by atoms with Gasteiger partial charge in [-0.05, 0) is 31.2 Å². The summed E-state index contributed by atoms with van der Waals surface area (Å²) in [7, 11) is 0. The van der Waals surface area contributed by atoms with Crippen molar-refractivity contribution in [3.8, 4) is 0 Å². The van der Waals surface area contributed by atoms with Crippen LogP contribution in [-0.4, -0.2) is 17.6 Å². The number of aromatic nitrogens is 1. The minimum absolute atomic E-state index is 0.265. The number of hydrogen-bond donors (Lipinski definition) is 2. The van der Waals surface area contributed by atoms with E-state index >= 15 is 0 Å². The van der Waals surface area contributed by atoms with Gasteiger partial charge < -0.3 is 15.8 Å². The van der Waals surface area contributed by atoms with Crippen LogP contribution in [-0.2, 0) is 4.74 Å². The molecule has 0 spiro atoms. The fourth-order valence-corrected chi connectivity index (χ4v) is 2.37. The molecule has 1 heterocycles. The van der Waals surface area contributed by atoms with Gasteiger partial charge in [-0.1, -0.05) is 27.5 Å². The number of rotatable bonds is 4. The molecule has 0 unspecified atom stereocenters. The molecule has 0 aliphatic carbocycles. The number of hydrogen-bond acceptors (Lipinski definition) is 5. The second-order valence-electron chi connectivity index (χ2n) is 4.13. The van der Waals surface area contributed by atoms with Crippen LogP contribution in [0.3, 0.4) is 0 Å². The van der Waals surface area contributed by atoms with Crippen LogP contribution >= 0.6 is 27.5 Å². The van der Waals surface area contributed by atoms with Gasteiger partial charge in [-0.15, -0.1) is 0 Å². The molecule has 0 atom stereocenters. The molecule has 2 aromatic rings. The van der Waals surface area contributed by atoms with Gasteiger partial charge >= 0.3 is 5.97 Å². The first kappa shape index (κ1) is 15.6. The van der Waals surface area contributed by atoms with Crippen molar-refractivity contribution >= 4 is 50.7 Å². The molecule has 0 amide bonds. The standard InChI is InChI=1S/C14H13BrClN3O2/c1-2-21-14(20)9-6-13(18-7-11(9)17)19-12-4-3-8(15)5-10(12)16/h3-7H,2,17H2,1H3,(H,18,19). The molecule has 0 radical (unpaired) electrons. The number of pyridine rings is 1. The van der Waals surface area contributed by atoms with Crippen molar-refractivity contribution in [3.63, 3.8) is 0 Å². The van der Waals surface area contributed by atoms with Gasteiger partial charge in [0.1, 0.15) is 5.82 Å². The predicted molar refractivity (Wildman–Crippen MR) is 87.0 cm³/mol. The zero-order valence-electron chi connectivity index (χ0n) is 11.2. The maximum Gasteiger partial charge on any atom is 0.340 e. The summed E-state index contributed by atoms with van der Waals surface area (Å²) in [6.45, 7) is 2.01. The molecule has 5 nitrogen and oxygen atoms in total. The molecule has 0 saturated carbocycles. The van der Waals surface area contributed by atoms with Gasteiger partial charge in [0.25, 0.3) is 0 Å². The van der Waals surface area contributed by atoms with Gasteiger partial charge in [0.2, 0.25) is 0 Å². The number of nitrogens with zero attached hydrogens (tertiary/aromatic N) is 1. The first-order valence-electron chi connectivity index (χ1n) is 6.16. The monoisotopic (exact) mass is 369 g/mol. The molecule has 110 valence electrons. The van der Waals surface area contributed by atoms with E-state index in [9.17, 15) is 4.79 Å². The van der Waals surface area contributed by atoms with E-state index in [0.717, 1.165) is 4.47 Å². The van der Waals surface area contributed by atoms with Gasteiger partial charge in [0, 0.05) is 4.47 Å². The topological polar surface area (TPSA) is 77.2 Å². The first-order valence-corrected chi connectivity index (χ1v) is 7.33. The lowest BCUT2D eigenvalue weighted by atomic mass is 10.2. The van der Waals surface area contributed by atoms with E-state index in [1.807, 2.05) is 6.07 Å². The molecule has 3 N–H and O–H groups in total. The van der Waals surface area contributed by atoms with Crippen molar-refractivity contribution in [2.75, 3.05) is 17.7 Å².